The van der Waals surface area contributed by atoms with Crippen molar-refractivity contribution in [2.24, 2.45) is 0 Å². The zero-order valence-corrected chi connectivity index (χ0v) is 7.31. The third kappa shape index (κ3) is 4.36. The molecule has 0 aromatic rings. The lowest BCUT2D eigenvalue weighted by atomic mass is 10.3. The fourth-order valence-corrected chi connectivity index (χ4v) is 0.599. The minimum absolute atomic E-state index is 0.498. The van der Waals surface area contributed by atoms with Crippen molar-refractivity contribution in [3.05, 3.63) is 12.2 Å². The number of thiocarbonyl (C=S) groups is 1. The first-order chi connectivity index (χ1) is 4.04. The molecule has 9 heavy (non-hydrogen) atoms. The van der Waals surface area contributed by atoms with Crippen molar-refractivity contribution in [2.75, 3.05) is 13.6 Å². The van der Waals surface area contributed by atoms with Gasteiger partial charge < -0.3 is 29.7 Å². The molecule has 0 heterocycles. The van der Waals surface area contributed by atoms with Crippen molar-refractivity contribution < 1.29 is 0 Å². The van der Waals surface area contributed by atoms with Crippen LogP contribution in [0.5, 0.6) is 0 Å². The van der Waals surface area contributed by atoms with E-state index >= 15 is 0 Å². The molecule has 0 radical (unpaired) electrons. The Labute approximate surface area is 67.1 Å². The Hall–Kier alpha value is -0.150. The summed E-state index contributed by atoms with van der Waals surface area (Å²) in [7, 11) is 1.87. The van der Waals surface area contributed by atoms with Gasteiger partial charge in [-0.25, -0.2) is 0 Å². The number of rotatable bonds is 2. The fraction of sp³-hybridized carbons (Fsp3) is 0.500. The van der Waals surface area contributed by atoms with E-state index in [0.717, 1.165) is 12.1 Å². The van der Waals surface area contributed by atoms with Gasteiger partial charge in [0.25, 0.3) is 0 Å². The van der Waals surface area contributed by atoms with Crippen molar-refractivity contribution in [3.8, 4) is 0 Å². The van der Waals surface area contributed by atoms with Gasteiger partial charge in [0.15, 0.2) is 0 Å². The Morgan fingerprint density at radius 2 is 2.22 bits per heavy atom. The molecule has 0 N–H and O–H groups in total. The van der Waals surface area contributed by atoms with Crippen molar-refractivity contribution in [1.29, 1.82) is 0 Å². The van der Waals surface area contributed by atoms with Gasteiger partial charge >= 0.3 is 0 Å². The maximum Gasteiger partial charge on any atom is 0.0364 e. The molecule has 0 aromatic heterocycles. The topological polar surface area (TPSA) is 3.24 Å². The molecule has 0 aliphatic heterocycles. The fourth-order valence-electron chi connectivity index (χ4n) is 0.469. The van der Waals surface area contributed by atoms with Crippen molar-refractivity contribution in [2.45, 2.75) is 6.92 Å². The van der Waals surface area contributed by atoms with Crippen LogP contribution >= 0.6 is 12.2 Å². The van der Waals surface area contributed by atoms with Crippen LogP contribution in [0.1, 0.15) is 6.92 Å². The second kappa shape index (κ2) is 3.80. The van der Waals surface area contributed by atoms with E-state index in [1.807, 2.05) is 18.9 Å². The average Bonchev–Trinajstić information content (AvgIpc) is 1.63. The summed E-state index contributed by atoms with van der Waals surface area (Å²) in [6, 6.07) is 0. The minimum Gasteiger partial charge on any atom is -0.411 e. The molecule has 0 rings (SSSR count). The van der Waals surface area contributed by atoms with Crippen LogP contribution in [0.15, 0.2) is 12.2 Å². The van der Waals surface area contributed by atoms with Crippen LogP contribution in [-0.4, -0.2) is 22.8 Å². The maximum absolute atomic E-state index is 4.74. The molecule has 0 aliphatic carbocycles. The van der Waals surface area contributed by atoms with E-state index < -0.39 is 0 Å². The van der Waals surface area contributed by atoms with Gasteiger partial charge in [0, 0.05) is 13.6 Å². The lowest BCUT2D eigenvalue weighted by Crippen LogP contribution is -2.24. The zero-order valence-electron chi connectivity index (χ0n) is 5.68. The third-order valence-corrected chi connectivity index (χ3v) is 1.44. The molecule has 0 bridgehead atoms. The molecule has 0 saturated heterocycles. The molecule has 0 saturated carbocycles. The highest BCUT2D eigenvalue weighted by Gasteiger charge is 1.90. The number of likely N-dealkylation sites (N-methyl/N-ethyl adjacent to an activating group) is 1. The maximum atomic E-state index is 4.74. The van der Waals surface area contributed by atoms with Gasteiger partial charge in [-0.15, -0.1) is 0 Å². The first-order valence-corrected chi connectivity index (χ1v) is 3.42. The van der Waals surface area contributed by atoms with E-state index in [-0.39, 0.29) is 0 Å². The molecule has 52 valence electrons. The monoisotopic (exact) mass is 160 g/mol. The van der Waals surface area contributed by atoms with Crippen LogP contribution in [0.25, 0.3) is 0 Å². The van der Waals surface area contributed by atoms with E-state index in [4.69, 9.17) is 24.8 Å². The Morgan fingerprint density at radius 1 is 1.78 bits per heavy atom. The normalized spacial score (nSPS) is 8.67. The van der Waals surface area contributed by atoms with Crippen molar-refractivity contribution in [3.63, 3.8) is 0 Å². The van der Waals surface area contributed by atoms with E-state index in [2.05, 4.69) is 6.58 Å². The molecular weight excluding hydrogens is 150 g/mol. The quantitative estimate of drug-likeness (QED) is 0.341. The predicted octanol–water partition coefficient (Wildman–Crippen LogP) is 1.33. The van der Waals surface area contributed by atoms with Gasteiger partial charge in [-0.3, -0.25) is 0 Å². The van der Waals surface area contributed by atoms with Gasteiger partial charge in [0.2, 0.25) is 0 Å². The van der Waals surface area contributed by atoms with Gasteiger partial charge in [-0.1, -0.05) is 16.5 Å². The summed E-state index contributed by atoms with van der Waals surface area (Å²) < 4.78 is 0.498. The zero-order chi connectivity index (χ0) is 7.44. The Balaban J connectivity index is 3.63. The molecular formula is C6H10NS2-. The molecule has 3 heteroatoms. The highest BCUT2D eigenvalue weighted by atomic mass is 32.1. The Bertz CT molecular complexity index is 131. The summed E-state index contributed by atoms with van der Waals surface area (Å²) in [6.45, 7) is 6.44. The Kier molecular flexibility index (Phi) is 3.73. The van der Waals surface area contributed by atoms with Crippen LogP contribution in [0.2, 0.25) is 0 Å². The van der Waals surface area contributed by atoms with E-state index in [0.29, 0.717) is 4.32 Å². The molecule has 1 nitrogen and oxygen atoms in total. The van der Waals surface area contributed by atoms with Crippen molar-refractivity contribution >= 4 is 29.2 Å². The summed E-state index contributed by atoms with van der Waals surface area (Å²) in [5.74, 6) is 0. The van der Waals surface area contributed by atoms with Crippen molar-refractivity contribution in [1.82, 2.24) is 4.90 Å². The average molecular weight is 160 g/mol. The predicted molar refractivity (Wildman–Crippen MR) is 47.4 cm³/mol. The first kappa shape index (κ1) is 8.85. The lowest BCUT2D eigenvalue weighted by Gasteiger charge is -2.22. The van der Waals surface area contributed by atoms with E-state index in [9.17, 15) is 0 Å². The second-order valence-electron chi connectivity index (χ2n) is 2.08. The van der Waals surface area contributed by atoms with Crippen LogP contribution in [0, 0.1) is 0 Å². The summed E-state index contributed by atoms with van der Waals surface area (Å²) >= 11 is 9.47. The van der Waals surface area contributed by atoms with Gasteiger partial charge in [-0.2, -0.15) is 0 Å². The molecule has 0 aliphatic rings. The summed E-state index contributed by atoms with van der Waals surface area (Å²) in [6.07, 6.45) is 0. The molecule has 0 aromatic carbocycles. The SMILES string of the molecule is C=C(C)CN(C)C(=S)[S-]. The number of hydrogen-bond acceptors (Lipinski definition) is 2. The Morgan fingerprint density at radius 3 is 2.33 bits per heavy atom. The molecule has 0 amide bonds. The van der Waals surface area contributed by atoms with Crippen LogP contribution < -0.4 is 0 Å². The highest BCUT2D eigenvalue weighted by Crippen LogP contribution is 1.92. The minimum atomic E-state index is 0.498. The number of hydrogen-bond donors (Lipinski definition) is 0. The van der Waals surface area contributed by atoms with E-state index in [1.54, 1.807) is 0 Å². The first-order valence-electron chi connectivity index (χ1n) is 2.60. The smallest absolute Gasteiger partial charge is 0.0364 e. The van der Waals surface area contributed by atoms with Gasteiger partial charge in [-0.05, 0) is 6.92 Å². The standard InChI is InChI=1S/C6H11NS2/c1-5(2)4-7(3)6(8)9/h1,4H2,2-3H3,(H,8,9)/p-1. The van der Waals surface area contributed by atoms with Crippen LogP contribution in [-0.2, 0) is 12.6 Å². The third-order valence-electron chi connectivity index (χ3n) is 0.819. The lowest BCUT2D eigenvalue weighted by molar-refractivity contribution is 0.570. The molecule has 0 fully saturated rings. The van der Waals surface area contributed by atoms with Gasteiger partial charge in [0.1, 0.15) is 0 Å². The molecule has 0 spiro atoms. The summed E-state index contributed by atoms with van der Waals surface area (Å²) in [4.78, 5) is 1.81. The summed E-state index contributed by atoms with van der Waals surface area (Å²) in [5.41, 5.74) is 1.07. The van der Waals surface area contributed by atoms with Crippen LogP contribution in [0.4, 0.5) is 0 Å². The van der Waals surface area contributed by atoms with E-state index in [1.165, 1.54) is 0 Å². The largest absolute Gasteiger partial charge is 0.411 e. The van der Waals surface area contributed by atoms with Gasteiger partial charge in [0.05, 0.1) is 0 Å². The summed E-state index contributed by atoms with van der Waals surface area (Å²) in [5, 5.41) is 0. The highest BCUT2D eigenvalue weighted by molar-refractivity contribution is 8.00. The second-order valence-corrected chi connectivity index (χ2v) is 3.11. The molecule has 0 unspecified atom stereocenters. The molecule has 0 atom stereocenters. The number of nitrogens with zero attached hydrogens (tertiary/aromatic N) is 1. The van der Waals surface area contributed by atoms with Crippen LogP contribution in [0.3, 0.4) is 0 Å².